The summed E-state index contributed by atoms with van der Waals surface area (Å²) in [6.07, 6.45) is 7.55. The summed E-state index contributed by atoms with van der Waals surface area (Å²) >= 11 is 0. The Morgan fingerprint density at radius 1 is 1.05 bits per heavy atom. The summed E-state index contributed by atoms with van der Waals surface area (Å²) in [5.41, 5.74) is -1.10. The molecule has 0 amide bonds. The van der Waals surface area contributed by atoms with Crippen LogP contribution in [-0.4, -0.2) is 18.4 Å². The van der Waals surface area contributed by atoms with Crippen molar-refractivity contribution in [3.63, 3.8) is 0 Å². The molecule has 2 saturated carbocycles. The number of hydrogen-bond acceptors (Lipinski definition) is 3. The summed E-state index contributed by atoms with van der Waals surface area (Å²) in [7, 11) is 0. The number of hydrogen-bond donors (Lipinski definition) is 0. The molecule has 2 rings (SSSR count). The molecule has 2 fully saturated rings. The Labute approximate surface area is 122 Å². The number of Topliss-reactive ketones (excluding diaryl/α,β-unsaturated/α-hetero) is 1. The van der Waals surface area contributed by atoms with Gasteiger partial charge in [-0.1, -0.05) is 40.0 Å². The van der Waals surface area contributed by atoms with Gasteiger partial charge in [0.15, 0.2) is 5.78 Å². The fourth-order valence-corrected chi connectivity index (χ4v) is 4.27. The molecule has 114 valence electrons. The van der Waals surface area contributed by atoms with Crippen LogP contribution in [0, 0.1) is 16.2 Å². The molecule has 3 heteroatoms. The molecule has 3 nitrogen and oxygen atoms in total. The van der Waals surface area contributed by atoms with Crippen molar-refractivity contribution < 1.29 is 14.3 Å². The van der Waals surface area contributed by atoms with Gasteiger partial charge in [0.1, 0.15) is 5.41 Å². The highest BCUT2D eigenvalue weighted by atomic mass is 16.5. The Balaban J connectivity index is 2.21. The fourth-order valence-electron chi connectivity index (χ4n) is 4.27. The van der Waals surface area contributed by atoms with Crippen molar-refractivity contribution in [2.75, 3.05) is 6.61 Å². The minimum absolute atomic E-state index is 0.0691. The van der Waals surface area contributed by atoms with E-state index in [0.717, 1.165) is 12.8 Å². The quantitative estimate of drug-likeness (QED) is 0.582. The third-order valence-corrected chi connectivity index (χ3v) is 5.05. The average molecular weight is 280 g/mol. The number of ether oxygens (including phenoxy) is 1. The minimum Gasteiger partial charge on any atom is -0.465 e. The van der Waals surface area contributed by atoms with E-state index in [2.05, 4.69) is 0 Å². The maximum absolute atomic E-state index is 12.8. The minimum atomic E-state index is -0.856. The van der Waals surface area contributed by atoms with Crippen molar-refractivity contribution in [2.45, 2.75) is 72.6 Å². The fraction of sp³-hybridized carbons (Fsp3) is 0.882. The van der Waals surface area contributed by atoms with Crippen molar-refractivity contribution in [3.8, 4) is 0 Å². The van der Waals surface area contributed by atoms with Gasteiger partial charge in [-0.15, -0.1) is 0 Å². The van der Waals surface area contributed by atoms with Gasteiger partial charge in [0.25, 0.3) is 0 Å². The lowest BCUT2D eigenvalue weighted by Crippen LogP contribution is -2.59. The maximum atomic E-state index is 12.8. The van der Waals surface area contributed by atoms with E-state index < -0.39 is 10.8 Å². The normalized spacial score (nSPS) is 24.0. The molecule has 0 aromatic heterocycles. The second kappa shape index (κ2) is 5.16. The molecular weight excluding hydrogens is 252 g/mol. The van der Waals surface area contributed by atoms with Gasteiger partial charge >= 0.3 is 5.97 Å². The second-order valence-corrected chi connectivity index (χ2v) is 7.80. The molecule has 0 aromatic rings. The summed E-state index contributed by atoms with van der Waals surface area (Å²) in [6.45, 7) is 7.87. The Hall–Kier alpha value is -0.860. The Bertz CT molecular complexity index is 389. The molecule has 0 heterocycles. The summed E-state index contributed by atoms with van der Waals surface area (Å²) in [4.78, 5) is 25.2. The molecule has 0 aliphatic heterocycles. The molecular formula is C17H28O3. The van der Waals surface area contributed by atoms with E-state index in [-0.39, 0.29) is 17.2 Å². The SMILES string of the molecule is CCOC(=O)C1(C(=O)C(C)(C)C)CC2(CCCCC2)C1. The lowest BCUT2D eigenvalue weighted by Gasteiger charge is -2.56. The van der Waals surface area contributed by atoms with E-state index in [4.69, 9.17) is 4.74 Å². The van der Waals surface area contributed by atoms with E-state index in [1.165, 1.54) is 32.1 Å². The molecule has 20 heavy (non-hydrogen) atoms. The summed E-state index contributed by atoms with van der Waals surface area (Å²) < 4.78 is 5.24. The van der Waals surface area contributed by atoms with Gasteiger partial charge in [-0.2, -0.15) is 0 Å². The van der Waals surface area contributed by atoms with Crippen LogP contribution in [0.25, 0.3) is 0 Å². The highest BCUT2D eigenvalue weighted by molar-refractivity contribution is 6.07. The molecule has 2 aliphatic carbocycles. The van der Waals surface area contributed by atoms with Crippen molar-refractivity contribution in [1.29, 1.82) is 0 Å². The van der Waals surface area contributed by atoms with E-state index in [1.807, 2.05) is 27.7 Å². The summed E-state index contributed by atoms with van der Waals surface area (Å²) in [6, 6.07) is 0. The molecule has 1 spiro atoms. The van der Waals surface area contributed by atoms with Crippen LogP contribution in [0.5, 0.6) is 0 Å². The van der Waals surface area contributed by atoms with Crippen LogP contribution >= 0.6 is 0 Å². The van der Waals surface area contributed by atoms with Crippen LogP contribution < -0.4 is 0 Å². The molecule has 0 atom stereocenters. The van der Waals surface area contributed by atoms with Crippen LogP contribution in [-0.2, 0) is 14.3 Å². The van der Waals surface area contributed by atoms with Crippen LogP contribution in [0.15, 0.2) is 0 Å². The third-order valence-electron chi connectivity index (χ3n) is 5.05. The van der Waals surface area contributed by atoms with Gasteiger partial charge in [0.2, 0.25) is 0 Å². The number of rotatable bonds is 3. The highest BCUT2D eigenvalue weighted by Gasteiger charge is 2.64. The molecule has 0 saturated heterocycles. The van der Waals surface area contributed by atoms with Crippen LogP contribution in [0.1, 0.15) is 72.6 Å². The van der Waals surface area contributed by atoms with Crippen molar-refractivity contribution >= 4 is 11.8 Å². The van der Waals surface area contributed by atoms with Crippen LogP contribution in [0.3, 0.4) is 0 Å². The Kier molecular flexibility index (Phi) is 4.01. The monoisotopic (exact) mass is 280 g/mol. The Morgan fingerprint density at radius 3 is 2.05 bits per heavy atom. The van der Waals surface area contributed by atoms with Gasteiger partial charge in [-0.3, -0.25) is 9.59 Å². The largest absolute Gasteiger partial charge is 0.465 e. The first kappa shape index (κ1) is 15.5. The molecule has 0 unspecified atom stereocenters. The predicted octanol–water partition coefficient (Wildman–Crippen LogP) is 3.90. The van der Waals surface area contributed by atoms with Gasteiger partial charge in [-0.05, 0) is 38.0 Å². The standard InChI is InChI=1S/C17H28O3/c1-5-20-14(19)17(13(18)15(2,3)4)11-16(12-17)9-7-6-8-10-16/h5-12H2,1-4H3. The van der Waals surface area contributed by atoms with Crippen molar-refractivity contribution in [1.82, 2.24) is 0 Å². The molecule has 0 bridgehead atoms. The van der Waals surface area contributed by atoms with E-state index in [1.54, 1.807) is 0 Å². The van der Waals surface area contributed by atoms with Gasteiger partial charge in [0, 0.05) is 5.41 Å². The zero-order valence-corrected chi connectivity index (χ0v) is 13.4. The van der Waals surface area contributed by atoms with Gasteiger partial charge in [-0.25, -0.2) is 0 Å². The number of esters is 1. The average Bonchev–Trinajstić information content (AvgIpc) is 2.34. The number of carbonyl (C=O) groups excluding carboxylic acids is 2. The van der Waals surface area contributed by atoms with E-state index in [0.29, 0.717) is 6.61 Å². The highest BCUT2D eigenvalue weighted by Crippen LogP contribution is 2.63. The van der Waals surface area contributed by atoms with Crippen LogP contribution in [0.2, 0.25) is 0 Å². The molecule has 0 aromatic carbocycles. The summed E-state index contributed by atoms with van der Waals surface area (Å²) in [5.74, 6) is -0.212. The lowest BCUT2D eigenvalue weighted by atomic mass is 9.45. The first-order valence-corrected chi connectivity index (χ1v) is 7.98. The van der Waals surface area contributed by atoms with E-state index in [9.17, 15) is 9.59 Å². The first-order valence-electron chi connectivity index (χ1n) is 7.98. The van der Waals surface area contributed by atoms with Gasteiger partial charge < -0.3 is 4.74 Å². The molecule has 0 N–H and O–H groups in total. The predicted molar refractivity (Wildman–Crippen MR) is 78.3 cm³/mol. The topological polar surface area (TPSA) is 43.4 Å². The first-order chi connectivity index (χ1) is 9.26. The van der Waals surface area contributed by atoms with Crippen molar-refractivity contribution in [2.24, 2.45) is 16.2 Å². The lowest BCUT2D eigenvalue weighted by molar-refractivity contribution is -0.184. The number of carbonyl (C=O) groups is 2. The Morgan fingerprint density at radius 2 is 1.60 bits per heavy atom. The van der Waals surface area contributed by atoms with E-state index >= 15 is 0 Å². The van der Waals surface area contributed by atoms with Crippen molar-refractivity contribution in [3.05, 3.63) is 0 Å². The summed E-state index contributed by atoms with van der Waals surface area (Å²) in [5, 5.41) is 0. The third kappa shape index (κ3) is 2.51. The molecule has 2 aliphatic rings. The number of ketones is 1. The second-order valence-electron chi connectivity index (χ2n) is 7.80. The maximum Gasteiger partial charge on any atom is 0.319 e. The zero-order valence-electron chi connectivity index (χ0n) is 13.4. The van der Waals surface area contributed by atoms with Gasteiger partial charge in [0.05, 0.1) is 6.61 Å². The van der Waals surface area contributed by atoms with Crippen LogP contribution in [0.4, 0.5) is 0 Å². The zero-order chi connectivity index (χ0) is 15.0. The molecule has 0 radical (unpaired) electrons. The smallest absolute Gasteiger partial charge is 0.319 e.